The van der Waals surface area contributed by atoms with E-state index >= 15 is 0 Å². The van der Waals surface area contributed by atoms with E-state index in [9.17, 15) is 8.42 Å². The molecular formula is C31H38N6O4S. The van der Waals surface area contributed by atoms with Crippen LogP contribution in [0.25, 0.3) is 16.6 Å². The highest BCUT2D eigenvalue weighted by Gasteiger charge is 2.21. The molecule has 1 aliphatic heterocycles. The number of pyridine rings is 1. The van der Waals surface area contributed by atoms with Gasteiger partial charge in [0, 0.05) is 57.1 Å². The number of ether oxygens (including phenoxy) is 2. The van der Waals surface area contributed by atoms with E-state index in [1.807, 2.05) is 42.9 Å². The van der Waals surface area contributed by atoms with E-state index in [0.717, 1.165) is 51.6 Å². The molecular weight excluding hydrogens is 552 g/mol. The Hall–Kier alpha value is -4.09. The molecule has 11 heteroatoms. The van der Waals surface area contributed by atoms with Gasteiger partial charge in [-0.05, 0) is 53.8 Å². The van der Waals surface area contributed by atoms with Crippen LogP contribution in [0.2, 0.25) is 0 Å². The first-order valence-electron chi connectivity index (χ1n) is 13.9. The van der Waals surface area contributed by atoms with Crippen molar-refractivity contribution in [1.82, 2.24) is 18.8 Å². The summed E-state index contributed by atoms with van der Waals surface area (Å²) in [7, 11) is 4.10. The topological polar surface area (TPSA) is 102 Å². The number of rotatable bonds is 10. The molecule has 0 fully saturated rings. The molecule has 0 spiro atoms. The molecule has 5 rings (SSSR count). The number of nitrogens with zero attached hydrogens (tertiary/aromatic N) is 5. The molecule has 2 aromatic carbocycles. The number of hydrogen-bond donors (Lipinski definition) is 1. The molecule has 0 saturated heterocycles. The zero-order valence-electron chi connectivity index (χ0n) is 25.0. The van der Waals surface area contributed by atoms with E-state index < -0.39 is 10.0 Å². The maximum Gasteiger partial charge on any atom is 0.211 e. The number of sulfonamides is 1. The first kappa shape index (κ1) is 29.4. The van der Waals surface area contributed by atoms with Gasteiger partial charge in [0.2, 0.25) is 10.0 Å². The second kappa shape index (κ2) is 12.0. The summed E-state index contributed by atoms with van der Waals surface area (Å²) in [5, 5.41) is 3.48. The number of aryl methyl sites for hydroxylation is 2. The average Bonchev–Trinajstić information content (AvgIpc) is 3.39. The Morgan fingerprint density at radius 1 is 1.07 bits per heavy atom. The maximum absolute atomic E-state index is 11.9. The van der Waals surface area contributed by atoms with E-state index in [-0.39, 0.29) is 0 Å². The lowest BCUT2D eigenvalue weighted by Gasteiger charge is -2.26. The fourth-order valence-electron chi connectivity index (χ4n) is 5.32. The molecule has 222 valence electrons. The van der Waals surface area contributed by atoms with Crippen LogP contribution < -0.4 is 19.7 Å². The van der Waals surface area contributed by atoms with E-state index in [0.29, 0.717) is 31.9 Å². The summed E-state index contributed by atoms with van der Waals surface area (Å²) >= 11 is 0. The molecule has 3 heterocycles. The molecule has 0 radical (unpaired) electrons. The van der Waals surface area contributed by atoms with Gasteiger partial charge in [0.1, 0.15) is 22.8 Å². The van der Waals surface area contributed by atoms with Gasteiger partial charge < -0.3 is 24.3 Å². The Labute approximate surface area is 247 Å². The van der Waals surface area contributed by atoms with Gasteiger partial charge in [0.05, 0.1) is 32.3 Å². The van der Waals surface area contributed by atoms with Crippen LogP contribution in [0, 0.1) is 0 Å². The number of methoxy groups -OCH3 is 2. The highest BCUT2D eigenvalue weighted by Crippen LogP contribution is 2.34. The quantitative estimate of drug-likeness (QED) is 0.276. The Bertz CT molecular complexity index is 1750. The molecule has 0 bridgehead atoms. The molecule has 0 aliphatic carbocycles. The molecule has 0 unspecified atom stereocenters. The number of anilines is 3. The molecule has 42 heavy (non-hydrogen) atoms. The molecule has 0 atom stereocenters. The van der Waals surface area contributed by atoms with E-state index in [1.54, 1.807) is 20.5 Å². The third-order valence-electron chi connectivity index (χ3n) is 7.82. The van der Waals surface area contributed by atoms with Crippen molar-refractivity contribution in [2.45, 2.75) is 26.3 Å². The van der Waals surface area contributed by atoms with Crippen molar-refractivity contribution in [2.24, 2.45) is 7.05 Å². The van der Waals surface area contributed by atoms with Gasteiger partial charge in [-0.15, -0.1) is 0 Å². The lowest BCUT2D eigenvalue weighted by atomic mass is 9.96. The van der Waals surface area contributed by atoms with Crippen LogP contribution >= 0.6 is 0 Å². The number of fused-ring (bicyclic) bond motifs is 1. The third kappa shape index (κ3) is 5.93. The summed E-state index contributed by atoms with van der Waals surface area (Å²) in [4.78, 5) is 11.7. The van der Waals surface area contributed by atoms with Crippen molar-refractivity contribution < 1.29 is 17.9 Å². The Kier molecular flexibility index (Phi) is 8.42. The lowest BCUT2D eigenvalue weighted by molar-refractivity contribution is 0.391. The normalized spacial score (nSPS) is 14.1. The Morgan fingerprint density at radius 3 is 2.55 bits per heavy atom. The summed E-state index contributed by atoms with van der Waals surface area (Å²) < 4.78 is 38.3. The largest absolute Gasteiger partial charge is 0.497 e. The summed E-state index contributed by atoms with van der Waals surface area (Å²) in [6.45, 7) is 3.55. The third-order valence-corrected chi connectivity index (χ3v) is 9.09. The van der Waals surface area contributed by atoms with Crippen molar-refractivity contribution in [1.29, 1.82) is 0 Å². The monoisotopic (exact) mass is 590 g/mol. The second-order valence-electron chi connectivity index (χ2n) is 10.4. The van der Waals surface area contributed by atoms with Crippen molar-refractivity contribution in [3.05, 3.63) is 71.6 Å². The molecule has 2 aromatic heterocycles. The Balaban J connectivity index is 1.44. The summed E-state index contributed by atoms with van der Waals surface area (Å²) in [6.07, 6.45) is 6.62. The number of nitrogens with one attached hydrogen (secondary N) is 1. The summed E-state index contributed by atoms with van der Waals surface area (Å²) in [5.74, 6) is 2.94. The van der Waals surface area contributed by atoms with E-state index in [1.165, 1.54) is 21.7 Å². The average molecular weight is 591 g/mol. The van der Waals surface area contributed by atoms with Crippen LogP contribution in [-0.2, 0) is 30.0 Å². The number of hydrogen-bond acceptors (Lipinski definition) is 8. The van der Waals surface area contributed by atoms with Crippen molar-refractivity contribution in [2.75, 3.05) is 50.8 Å². The van der Waals surface area contributed by atoms with Gasteiger partial charge in [-0.3, -0.25) is 0 Å². The summed E-state index contributed by atoms with van der Waals surface area (Å²) in [6, 6.07) is 14.3. The van der Waals surface area contributed by atoms with Crippen LogP contribution in [0.5, 0.6) is 11.5 Å². The predicted octanol–water partition coefficient (Wildman–Crippen LogP) is 4.98. The highest BCUT2D eigenvalue weighted by atomic mass is 32.2. The van der Waals surface area contributed by atoms with Gasteiger partial charge >= 0.3 is 0 Å². The first-order valence-corrected chi connectivity index (χ1v) is 15.8. The fraction of sp³-hybridized carbons (Fsp3) is 0.355. The van der Waals surface area contributed by atoms with Gasteiger partial charge in [0.15, 0.2) is 5.82 Å². The highest BCUT2D eigenvalue weighted by molar-refractivity contribution is 7.88. The SMILES string of the molecule is CCc1cc(C2=CCN(S(C)(=O)=O)CC2)ccc1N(C)c1cc2c(ncn2C)c(NCc2ccc(OC)cc2OC)n1. The number of benzene rings is 2. The minimum atomic E-state index is -3.19. The molecule has 1 aliphatic rings. The van der Waals surface area contributed by atoms with E-state index in [4.69, 9.17) is 14.5 Å². The van der Waals surface area contributed by atoms with Crippen molar-refractivity contribution in [3.63, 3.8) is 0 Å². The van der Waals surface area contributed by atoms with Gasteiger partial charge in [-0.2, -0.15) is 4.31 Å². The smallest absolute Gasteiger partial charge is 0.211 e. The molecule has 1 N–H and O–H groups in total. The maximum atomic E-state index is 11.9. The second-order valence-corrected chi connectivity index (χ2v) is 12.4. The minimum Gasteiger partial charge on any atom is -0.497 e. The predicted molar refractivity (Wildman–Crippen MR) is 168 cm³/mol. The van der Waals surface area contributed by atoms with Crippen LogP contribution in [-0.4, -0.2) is 67.9 Å². The van der Waals surface area contributed by atoms with Gasteiger partial charge in [0.25, 0.3) is 0 Å². The standard InChI is InChI=1S/C31H38N6O4S/c1-7-21-16-23(22-12-14-37(15-13-22)42(6,38)39)9-11-26(21)36(3)29-18-27-30(33-20-35(27)2)31(34-29)32-19-24-8-10-25(40-4)17-28(24)41-5/h8-12,16-18,20H,7,13-15,19H2,1-6H3,(H,32,34). The van der Waals surface area contributed by atoms with Gasteiger partial charge in [-0.1, -0.05) is 19.1 Å². The Morgan fingerprint density at radius 2 is 1.88 bits per heavy atom. The fourth-order valence-corrected chi connectivity index (χ4v) is 6.09. The zero-order valence-corrected chi connectivity index (χ0v) is 25.8. The van der Waals surface area contributed by atoms with Crippen LogP contribution in [0.3, 0.4) is 0 Å². The molecule has 0 amide bonds. The first-order chi connectivity index (χ1) is 20.1. The molecule has 10 nitrogen and oxygen atoms in total. The summed E-state index contributed by atoms with van der Waals surface area (Å²) in [5.41, 5.74) is 7.28. The van der Waals surface area contributed by atoms with Crippen molar-refractivity contribution >= 4 is 44.0 Å². The lowest BCUT2D eigenvalue weighted by Crippen LogP contribution is -2.33. The number of imidazole rings is 1. The molecule has 0 saturated carbocycles. The van der Waals surface area contributed by atoms with Crippen LogP contribution in [0.1, 0.15) is 30.0 Å². The number of aromatic nitrogens is 3. The van der Waals surface area contributed by atoms with Crippen molar-refractivity contribution in [3.8, 4) is 11.5 Å². The van der Waals surface area contributed by atoms with E-state index in [2.05, 4.69) is 46.4 Å². The molecule has 4 aromatic rings. The van der Waals surface area contributed by atoms with Crippen LogP contribution in [0.4, 0.5) is 17.3 Å². The minimum absolute atomic E-state index is 0.407. The van der Waals surface area contributed by atoms with Crippen LogP contribution in [0.15, 0.2) is 54.9 Å². The zero-order chi connectivity index (χ0) is 30.0. The van der Waals surface area contributed by atoms with Gasteiger partial charge in [-0.25, -0.2) is 18.4 Å².